The van der Waals surface area contributed by atoms with Crippen molar-refractivity contribution in [2.45, 2.75) is 45.6 Å². The van der Waals surface area contributed by atoms with E-state index >= 15 is 0 Å². The largest absolute Gasteiger partial charge is 0.493 e. The van der Waals surface area contributed by atoms with E-state index in [1.165, 1.54) is 6.20 Å². The van der Waals surface area contributed by atoms with E-state index in [0.29, 0.717) is 54.3 Å². The molecule has 1 aromatic heterocycles. The highest BCUT2D eigenvalue weighted by Crippen LogP contribution is 2.44. The zero-order chi connectivity index (χ0) is 23.1. The van der Waals surface area contributed by atoms with E-state index in [9.17, 15) is 9.18 Å². The first kappa shape index (κ1) is 22.4. The lowest BCUT2D eigenvalue weighted by atomic mass is 9.77. The van der Waals surface area contributed by atoms with Crippen molar-refractivity contribution in [1.29, 1.82) is 0 Å². The van der Waals surface area contributed by atoms with Crippen LogP contribution in [-0.4, -0.2) is 62.0 Å². The van der Waals surface area contributed by atoms with Crippen molar-refractivity contribution in [3.05, 3.63) is 24.1 Å². The number of piperidine rings is 1. The van der Waals surface area contributed by atoms with Gasteiger partial charge in [-0.15, -0.1) is 0 Å². The molecule has 4 rings (SSSR count). The minimum Gasteiger partial charge on any atom is -0.493 e. The van der Waals surface area contributed by atoms with Crippen LogP contribution in [0.3, 0.4) is 0 Å². The molecule has 0 bridgehead atoms. The van der Waals surface area contributed by atoms with Gasteiger partial charge in [0, 0.05) is 37.6 Å². The zero-order valence-corrected chi connectivity index (χ0v) is 19.5. The van der Waals surface area contributed by atoms with Crippen LogP contribution in [-0.2, 0) is 4.74 Å². The summed E-state index contributed by atoms with van der Waals surface area (Å²) in [5.41, 5.74) is 0.775. The second-order valence-electron chi connectivity index (χ2n) is 9.82. The molecule has 0 radical (unpaired) electrons. The van der Waals surface area contributed by atoms with Crippen molar-refractivity contribution in [2.24, 2.45) is 5.41 Å². The van der Waals surface area contributed by atoms with Gasteiger partial charge >= 0.3 is 6.09 Å². The normalized spacial score (nSPS) is 18.3. The Morgan fingerprint density at radius 1 is 1.06 bits per heavy atom. The van der Waals surface area contributed by atoms with Crippen molar-refractivity contribution < 1.29 is 23.4 Å². The van der Waals surface area contributed by atoms with Gasteiger partial charge in [-0.2, -0.15) is 0 Å². The summed E-state index contributed by atoms with van der Waals surface area (Å²) in [4.78, 5) is 20.7. The molecule has 2 aliphatic rings. The number of carbonyl (C=O) groups excluding carboxylic acids is 1. The summed E-state index contributed by atoms with van der Waals surface area (Å²) in [5.74, 6) is 0.768. The van der Waals surface area contributed by atoms with Crippen molar-refractivity contribution >= 4 is 22.7 Å². The number of hydrogen-bond acceptors (Lipinski definition) is 6. The van der Waals surface area contributed by atoms with Crippen molar-refractivity contribution in [3.8, 4) is 11.5 Å². The molecule has 0 unspecified atom stereocenters. The number of methoxy groups -OCH3 is 2. The van der Waals surface area contributed by atoms with Crippen LogP contribution in [0.5, 0.6) is 11.5 Å². The summed E-state index contributed by atoms with van der Waals surface area (Å²) in [6.07, 6.45) is 3.76. The zero-order valence-electron chi connectivity index (χ0n) is 19.5. The fraction of sp³-hybridized carbons (Fsp3) is 0.583. The molecule has 1 spiro atoms. The van der Waals surface area contributed by atoms with E-state index < -0.39 is 5.60 Å². The topological polar surface area (TPSA) is 64.1 Å². The Labute approximate surface area is 188 Å². The van der Waals surface area contributed by atoms with Crippen molar-refractivity contribution in [3.63, 3.8) is 0 Å². The first-order valence-corrected chi connectivity index (χ1v) is 11.1. The third-order valence-corrected chi connectivity index (χ3v) is 6.53. The summed E-state index contributed by atoms with van der Waals surface area (Å²) < 4.78 is 31.3. The number of aromatic nitrogens is 1. The lowest BCUT2D eigenvalue weighted by Crippen LogP contribution is -2.43. The maximum Gasteiger partial charge on any atom is 0.410 e. The van der Waals surface area contributed by atoms with E-state index in [4.69, 9.17) is 14.2 Å². The molecule has 0 N–H and O–H groups in total. The number of amides is 1. The van der Waals surface area contributed by atoms with Gasteiger partial charge in [0.25, 0.3) is 0 Å². The number of carbonyl (C=O) groups is 1. The summed E-state index contributed by atoms with van der Waals surface area (Å²) in [7, 11) is 3.14. The monoisotopic (exact) mass is 445 g/mol. The number of anilines is 1. The Hall–Kier alpha value is -2.77. The maximum atomic E-state index is 15.0. The quantitative estimate of drug-likeness (QED) is 0.687. The van der Waals surface area contributed by atoms with E-state index in [-0.39, 0.29) is 17.3 Å². The molecule has 0 atom stereocenters. The number of nitrogens with zero attached hydrogens (tertiary/aromatic N) is 3. The molecule has 174 valence electrons. The standard InChI is InChI=1S/C24H32FN3O4/c1-23(2,3)32-22(29)28-11-8-24(15-28)6-9-27(10-7-24)21-16-12-19(30-4)20(31-5)13-18(16)26-14-17(21)25/h12-14H,6-11,15H2,1-5H3. The predicted octanol–water partition coefficient (Wildman–Crippen LogP) is 4.62. The molecule has 2 aliphatic heterocycles. The molecule has 0 saturated carbocycles. The molecule has 2 aromatic rings. The summed E-state index contributed by atoms with van der Waals surface area (Å²) in [5, 5.41) is 0.709. The average molecular weight is 446 g/mol. The molecular formula is C24H32FN3O4. The molecule has 3 heterocycles. The van der Waals surface area contributed by atoms with E-state index in [2.05, 4.69) is 9.88 Å². The number of likely N-dealkylation sites (tertiary alicyclic amines) is 1. The van der Waals surface area contributed by atoms with Crippen LogP contribution in [0.1, 0.15) is 40.0 Å². The first-order chi connectivity index (χ1) is 15.1. The van der Waals surface area contributed by atoms with Crippen LogP contribution in [0.2, 0.25) is 0 Å². The molecule has 8 heteroatoms. The van der Waals surface area contributed by atoms with Gasteiger partial charge in [-0.25, -0.2) is 9.18 Å². The highest BCUT2D eigenvalue weighted by atomic mass is 19.1. The molecule has 7 nitrogen and oxygen atoms in total. The average Bonchev–Trinajstić information content (AvgIpc) is 3.16. The van der Waals surface area contributed by atoms with Crippen molar-refractivity contribution in [2.75, 3.05) is 45.3 Å². The van der Waals surface area contributed by atoms with Gasteiger partial charge in [0.1, 0.15) is 5.60 Å². The van der Waals surface area contributed by atoms with E-state index in [0.717, 1.165) is 19.3 Å². The van der Waals surface area contributed by atoms with Gasteiger partial charge in [-0.1, -0.05) is 0 Å². The SMILES string of the molecule is COc1cc2ncc(F)c(N3CCC4(CCN(C(=O)OC(C)(C)C)C4)CC3)c2cc1OC. The Bertz CT molecular complexity index is 1010. The Balaban J connectivity index is 1.52. The lowest BCUT2D eigenvalue weighted by Gasteiger charge is -2.40. The minimum absolute atomic E-state index is 0.0631. The molecule has 32 heavy (non-hydrogen) atoms. The van der Waals surface area contributed by atoms with Crippen LogP contribution < -0.4 is 14.4 Å². The first-order valence-electron chi connectivity index (χ1n) is 11.1. The Kier molecular flexibility index (Phi) is 5.81. The number of rotatable bonds is 3. The predicted molar refractivity (Wildman–Crippen MR) is 121 cm³/mol. The summed E-state index contributed by atoms with van der Waals surface area (Å²) >= 11 is 0. The summed E-state index contributed by atoms with van der Waals surface area (Å²) in [6, 6.07) is 3.57. The Morgan fingerprint density at radius 2 is 1.69 bits per heavy atom. The molecule has 1 amide bonds. The van der Waals surface area contributed by atoms with Crippen molar-refractivity contribution in [1.82, 2.24) is 9.88 Å². The number of hydrogen-bond donors (Lipinski definition) is 0. The fourth-order valence-corrected chi connectivity index (χ4v) is 4.83. The number of benzene rings is 1. The fourth-order valence-electron chi connectivity index (χ4n) is 4.83. The van der Waals surface area contributed by atoms with Gasteiger partial charge in [-0.05, 0) is 51.5 Å². The van der Waals surface area contributed by atoms with Crippen LogP contribution in [0.15, 0.2) is 18.3 Å². The molecule has 2 fully saturated rings. The van der Waals surface area contributed by atoms with Gasteiger partial charge < -0.3 is 24.0 Å². The minimum atomic E-state index is -0.500. The number of fused-ring (bicyclic) bond motifs is 1. The van der Waals surface area contributed by atoms with Gasteiger partial charge in [0.15, 0.2) is 17.3 Å². The highest BCUT2D eigenvalue weighted by molar-refractivity contribution is 5.94. The second-order valence-corrected chi connectivity index (χ2v) is 9.82. The van der Waals surface area contributed by atoms with Crippen LogP contribution in [0.4, 0.5) is 14.9 Å². The van der Waals surface area contributed by atoms with Crippen LogP contribution >= 0.6 is 0 Å². The third kappa shape index (κ3) is 4.27. The highest BCUT2D eigenvalue weighted by Gasteiger charge is 2.43. The molecule has 2 saturated heterocycles. The van der Waals surface area contributed by atoms with Crippen LogP contribution in [0.25, 0.3) is 10.9 Å². The van der Waals surface area contributed by atoms with Gasteiger partial charge in [0.05, 0.1) is 31.6 Å². The smallest absolute Gasteiger partial charge is 0.410 e. The maximum absolute atomic E-state index is 15.0. The van der Waals surface area contributed by atoms with E-state index in [1.807, 2.05) is 25.7 Å². The molecule has 1 aromatic carbocycles. The van der Waals surface area contributed by atoms with Gasteiger partial charge in [-0.3, -0.25) is 4.98 Å². The molecular weight excluding hydrogens is 413 g/mol. The second kappa shape index (κ2) is 8.30. The lowest BCUT2D eigenvalue weighted by molar-refractivity contribution is 0.0266. The third-order valence-electron chi connectivity index (χ3n) is 6.53. The van der Waals surface area contributed by atoms with Crippen LogP contribution in [0, 0.1) is 11.2 Å². The van der Waals surface area contributed by atoms with E-state index in [1.54, 1.807) is 26.4 Å². The van der Waals surface area contributed by atoms with Gasteiger partial charge in [0.2, 0.25) is 0 Å². The molecule has 0 aliphatic carbocycles. The number of halogens is 1. The number of pyridine rings is 1. The Morgan fingerprint density at radius 3 is 2.31 bits per heavy atom. The summed E-state index contributed by atoms with van der Waals surface area (Å²) in [6.45, 7) is 8.48. The number of ether oxygens (including phenoxy) is 3.